The minimum Gasteiger partial charge on any atom is -0.273 e. The van der Waals surface area contributed by atoms with Gasteiger partial charge in [0.25, 0.3) is 0 Å². The second-order valence-electron chi connectivity index (χ2n) is 3.14. The highest BCUT2D eigenvalue weighted by molar-refractivity contribution is 8.09. The first-order valence-electron chi connectivity index (χ1n) is 4.90. The van der Waals surface area contributed by atoms with Crippen LogP contribution >= 0.6 is 22.4 Å². The summed E-state index contributed by atoms with van der Waals surface area (Å²) in [5.74, 6) is 0. The molecule has 18 heavy (non-hydrogen) atoms. The number of hydrogen-bond acceptors (Lipinski definition) is 3. The SMILES string of the molecule is O=S(=O)(O)Cl.c1ccc(Sc2ccccc2)cc1. The quantitative estimate of drug-likeness (QED) is 0.676. The van der Waals surface area contributed by atoms with Crippen LogP contribution in [-0.4, -0.2) is 13.0 Å². The lowest BCUT2D eigenvalue weighted by atomic mass is 10.4. The molecule has 0 spiro atoms. The zero-order valence-electron chi connectivity index (χ0n) is 9.23. The van der Waals surface area contributed by atoms with E-state index >= 15 is 0 Å². The van der Waals surface area contributed by atoms with E-state index in [2.05, 4.69) is 59.2 Å². The molecule has 2 rings (SSSR count). The van der Waals surface area contributed by atoms with Crippen LogP contribution in [0.2, 0.25) is 0 Å². The Hall–Kier alpha value is -1.01. The summed E-state index contributed by atoms with van der Waals surface area (Å²) < 4.78 is 25.2. The highest BCUT2D eigenvalue weighted by atomic mass is 35.7. The van der Waals surface area contributed by atoms with E-state index in [1.165, 1.54) is 9.79 Å². The lowest BCUT2D eigenvalue weighted by Gasteiger charge is -1.99. The lowest BCUT2D eigenvalue weighted by Crippen LogP contribution is -1.77. The summed E-state index contributed by atoms with van der Waals surface area (Å²) in [4.78, 5) is 2.57. The van der Waals surface area contributed by atoms with Crippen molar-refractivity contribution in [1.82, 2.24) is 0 Å². The topological polar surface area (TPSA) is 54.4 Å². The molecule has 0 atom stereocenters. The first kappa shape index (κ1) is 15.0. The first-order chi connectivity index (χ1) is 8.45. The Labute approximate surface area is 115 Å². The number of rotatable bonds is 2. The van der Waals surface area contributed by atoms with Crippen molar-refractivity contribution in [3.63, 3.8) is 0 Å². The summed E-state index contributed by atoms with van der Waals surface area (Å²) in [5, 5.41) is 0. The molecule has 6 heteroatoms. The van der Waals surface area contributed by atoms with E-state index in [4.69, 9.17) is 13.0 Å². The van der Waals surface area contributed by atoms with Gasteiger partial charge in [-0.3, -0.25) is 4.55 Å². The summed E-state index contributed by atoms with van der Waals surface area (Å²) in [6.45, 7) is 0. The molecule has 0 aliphatic rings. The summed E-state index contributed by atoms with van der Waals surface area (Å²) in [5.41, 5.74) is 0. The highest BCUT2D eigenvalue weighted by Crippen LogP contribution is 2.26. The summed E-state index contributed by atoms with van der Waals surface area (Å²) in [6, 6.07) is 20.8. The molecule has 0 bridgehead atoms. The van der Waals surface area contributed by atoms with Gasteiger partial charge in [-0.15, -0.1) is 0 Å². The van der Waals surface area contributed by atoms with Gasteiger partial charge in [0.1, 0.15) is 0 Å². The van der Waals surface area contributed by atoms with E-state index in [1.54, 1.807) is 11.8 Å². The molecule has 0 heterocycles. The molecular formula is C12H11ClO3S2. The largest absolute Gasteiger partial charge is 0.353 e. The van der Waals surface area contributed by atoms with Crippen LogP contribution in [0.4, 0.5) is 0 Å². The molecule has 0 aromatic heterocycles. The van der Waals surface area contributed by atoms with E-state index in [9.17, 15) is 0 Å². The summed E-state index contributed by atoms with van der Waals surface area (Å²) in [7, 11) is -0.137. The van der Waals surface area contributed by atoms with E-state index in [0.717, 1.165) is 0 Å². The van der Waals surface area contributed by atoms with Gasteiger partial charge in [-0.05, 0) is 24.3 Å². The highest BCUT2D eigenvalue weighted by Gasteiger charge is 1.93. The second-order valence-corrected chi connectivity index (χ2v) is 6.28. The van der Waals surface area contributed by atoms with Crippen molar-refractivity contribution in [3.05, 3.63) is 60.7 Å². The predicted molar refractivity (Wildman–Crippen MR) is 74.4 cm³/mol. The van der Waals surface area contributed by atoms with Crippen LogP contribution in [0, 0.1) is 0 Å². The van der Waals surface area contributed by atoms with Crippen LogP contribution in [0.3, 0.4) is 0 Å². The second kappa shape index (κ2) is 7.43. The number of benzene rings is 2. The van der Waals surface area contributed by atoms with Gasteiger partial charge in [-0.1, -0.05) is 48.2 Å². The monoisotopic (exact) mass is 302 g/mol. The van der Waals surface area contributed by atoms with Gasteiger partial charge in [-0.2, -0.15) is 8.42 Å². The molecule has 0 unspecified atom stereocenters. The molecule has 0 aliphatic heterocycles. The molecule has 3 nitrogen and oxygen atoms in total. The molecule has 2 aromatic carbocycles. The molecule has 0 radical (unpaired) electrons. The fourth-order valence-corrected chi connectivity index (χ4v) is 1.97. The van der Waals surface area contributed by atoms with E-state index in [-0.39, 0.29) is 0 Å². The van der Waals surface area contributed by atoms with Crippen molar-refractivity contribution in [3.8, 4) is 0 Å². The van der Waals surface area contributed by atoms with Gasteiger partial charge < -0.3 is 0 Å². The zero-order valence-corrected chi connectivity index (χ0v) is 11.6. The van der Waals surface area contributed by atoms with Crippen LogP contribution in [0.15, 0.2) is 70.5 Å². The van der Waals surface area contributed by atoms with Gasteiger partial charge in [0, 0.05) is 20.5 Å². The standard InChI is InChI=1S/C12H10S.ClHO3S/c1-3-7-11(8-4-1)13-12-9-5-2-6-10-12;1-5(2,3)4/h1-10H;(H,2,3,4). The molecular weight excluding hydrogens is 292 g/mol. The van der Waals surface area contributed by atoms with Crippen LogP contribution in [0.25, 0.3) is 0 Å². The number of hydrogen-bond donors (Lipinski definition) is 1. The van der Waals surface area contributed by atoms with Crippen LogP contribution in [0.5, 0.6) is 0 Å². The number of halogens is 1. The summed E-state index contributed by atoms with van der Waals surface area (Å²) >= 11 is 1.79. The Morgan fingerprint density at radius 3 is 1.39 bits per heavy atom. The lowest BCUT2D eigenvalue weighted by molar-refractivity contribution is 0.501. The Balaban J connectivity index is 0.000000280. The van der Waals surface area contributed by atoms with Gasteiger partial charge in [0.2, 0.25) is 0 Å². The van der Waals surface area contributed by atoms with E-state index in [0.29, 0.717) is 0 Å². The fraction of sp³-hybridized carbons (Fsp3) is 0. The molecule has 0 saturated heterocycles. The van der Waals surface area contributed by atoms with Crippen LogP contribution in [0.1, 0.15) is 0 Å². The third kappa shape index (κ3) is 8.14. The van der Waals surface area contributed by atoms with Crippen molar-refractivity contribution < 1.29 is 13.0 Å². The Kier molecular flexibility index (Phi) is 6.21. The molecule has 2 aromatic rings. The Bertz CT molecular complexity index is 511. The average Bonchev–Trinajstić information content (AvgIpc) is 2.29. The molecule has 0 saturated carbocycles. The zero-order chi connectivity index (χ0) is 13.4. The van der Waals surface area contributed by atoms with E-state index in [1.807, 2.05) is 12.1 Å². The maximum absolute atomic E-state index is 8.95. The molecule has 0 amide bonds. The van der Waals surface area contributed by atoms with Gasteiger partial charge in [0.05, 0.1) is 0 Å². The first-order valence-corrected chi connectivity index (χ1v) is 7.98. The minimum atomic E-state index is -4.19. The van der Waals surface area contributed by atoms with Gasteiger partial charge in [0.15, 0.2) is 0 Å². The maximum atomic E-state index is 8.95. The molecule has 0 fully saturated rings. The van der Waals surface area contributed by atoms with Crippen molar-refractivity contribution in [2.45, 2.75) is 9.79 Å². The third-order valence-electron chi connectivity index (χ3n) is 1.72. The normalized spacial score (nSPS) is 10.3. The smallest absolute Gasteiger partial charge is 0.273 e. The molecule has 1 N–H and O–H groups in total. The Morgan fingerprint density at radius 2 is 1.11 bits per heavy atom. The maximum Gasteiger partial charge on any atom is 0.353 e. The fourth-order valence-electron chi connectivity index (χ4n) is 1.11. The van der Waals surface area contributed by atoms with Crippen LogP contribution < -0.4 is 0 Å². The third-order valence-corrected chi connectivity index (χ3v) is 2.74. The van der Waals surface area contributed by atoms with Crippen molar-refractivity contribution in [2.24, 2.45) is 0 Å². The van der Waals surface area contributed by atoms with Gasteiger partial charge >= 0.3 is 9.33 Å². The molecule has 96 valence electrons. The van der Waals surface area contributed by atoms with Gasteiger partial charge in [-0.25, -0.2) is 0 Å². The van der Waals surface area contributed by atoms with Crippen LogP contribution in [-0.2, 0) is 9.33 Å². The van der Waals surface area contributed by atoms with Crippen molar-refractivity contribution >= 4 is 31.8 Å². The summed E-state index contributed by atoms with van der Waals surface area (Å²) in [6.07, 6.45) is 0. The average molecular weight is 303 g/mol. The minimum absolute atomic E-state index is 1.29. The molecule has 0 aliphatic carbocycles. The van der Waals surface area contributed by atoms with E-state index < -0.39 is 9.33 Å². The Morgan fingerprint density at radius 1 is 0.833 bits per heavy atom. The van der Waals surface area contributed by atoms with Crippen molar-refractivity contribution in [1.29, 1.82) is 0 Å². The predicted octanol–water partition coefficient (Wildman–Crippen LogP) is 3.87. The van der Waals surface area contributed by atoms with Crippen molar-refractivity contribution in [2.75, 3.05) is 0 Å².